The minimum atomic E-state index is -0.189. The molecule has 124 valence electrons. The highest BCUT2D eigenvalue weighted by atomic mass is 16.3. The third kappa shape index (κ3) is 4.41. The smallest absolute Gasteiger partial charge is 0.0664 e. The van der Waals surface area contributed by atoms with Crippen molar-refractivity contribution >= 4 is 0 Å². The molecule has 0 spiro atoms. The zero-order chi connectivity index (χ0) is 16.1. The number of β-amino-alcohol motifs (C(OH)–C–C–N with tert-alkyl or cyclic N) is 1. The molecule has 5 heteroatoms. The first kappa shape index (κ1) is 16.2. The van der Waals surface area contributed by atoms with E-state index in [0.29, 0.717) is 0 Å². The second kappa shape index (κ2) is 7.73. The fraction of sp³-hybridized carbons (Fsp3) is 0.500. The average Bonchev–Trinajstić information content (AvgIpc) is 3.06. The number of hydrogen-bond acceptors (Lipinski definition) is 4. The van der Waals surface area contributed by atoms with Crippen molar-refractivity contribution in [2.75, 3.05) is 32.7 Å². The summed E-state index contributed by atoms with van der Waals surface area (Å²) in [6.45, 7) is 7.94. The largest absolute Gasteiger partial charge is 0.392 e. The fourth-order valence-corrected chi connectivity index (χ4v) is 2.98. The van der Waals surface area contributed by atoms with Gasteiger partial charge in [0.05, 0.1) is 18.0 Å². The van der Waals surface area contributed by atoms with Crippen molar-refractivity contribution in [1.29, 1.82) is 0 Å². The third-order valence-electron chi connectivity index (χ3n) is 4.47. The molecular weight excluding hydrogens is 288 g/mol. The molecule has 0 radical (unpaired) electrons. The molecular formula is C18H26N4O. The number of nitrogens with zero attached hydrogens (tertiary/aromatic N) is 4. The lowest BCUT2D eigenvalue weighted by Gasteiger charge is -2.35. The first-order chi connectivity index (χ1) is 11.2. The molecule has 0 amide bonds. The Kier molecular flexibility index (Phi) is 5.43. The average molecular weight is 314 g/mol. The SMILES string of the molecule is CCC(O)CN1CCN(Cc2cnn(-c3ccccc3)c2)CC1. The fourth-order valence-electron chi connectivity index (χ4n) is 2.98. The van der Waals surface area contributed by atoms with Crippen LogP contribution in [0.5, 0.6) is 0 Å². The zero-order valence-electron chi connectivity index (χ0n) is 13.8. The maximum absolute atomic E-state index is 9.76. The van der Waals surface area contributed by atoms with Crippen LogP contribution in [0, 0.1) is 0 Å². The molecule has 1 aliphatic rings. The van der Waals surface area contributed by atoms with Gasteiger partial charge in [0.2, 0.25) is 0 Å². The Labute approximate surface area is 138 Å². The van der Waals surface area contributed by atoms with Crippen molar-refractivity contribution in [3.05, 3.63) is 48.3 Å². The Morgan fingerprint density at radius 1 is 1.09 bits per heavy atom. The second-order valence-electron chi connectivity index (χ2n) is 6.27. The van der Waals surface area contributed by atoms with E-state index in [1.165, 1.54) is 5.56 Å². The molecule has 1 saturated heterocycles. The van der Waals surface area contributed by atoms with Crippen LogP contribution in [0.25, 0.3) is 5.69 Å². The van der Waals surface area contributed by atoms with E-state index in [0.717, 1.165) is 51.4 Å². The van der Waals surface area contributed by atoms with Crippen LogP contribution >= 0.6 is 0 Å². The quantitative estimate of drug-likeness (QED) is 0.882. The number of hydrogen-bond donors (Lipinski definition) is 1. The summed E-state index contributed by atoms with van der Waals surface area (Å²) in [6, 6.07) is 10.2. The van der Waals surface area contributed by atoms with Gasteiger partial charge < -0.3 is 5.11 Å². The van der Waals surface area contributed by atoms with E-state index in [4.69, 9.17) is 0 Å². The lowest BCUT2D eigenvalue weighted by atomic mass is 10.2. The van der Waals surface area contributed by atoms with Crippen LogP contribution in [0.15, 0.2) is 42.7 Å². The molecule has 0 aliphatic carbocycles. The third-order valence-corrected chi connectivity index (χ3v) is 4.47. The highest BCUT2D eigenvalue weighted by molar-refractivity contribution is 5.30. The summed E-state index contributed by atoms with van der Waals surface area (Å²) in [5, 5.41) is 14.2. The van der Waals surface area contributed by atoms with Gasteiger partial charge in [-0.25, -0.2) is 4.68 Å². The van der Waals surface area contributed by atoms with Crippen LogP contribution < -0.4 is 0 Å². The predicted octanol–water partition coefficient (Wildman–Crippen LogP) is 1.76. The molecule has 1 atom stereocenters. The van der Waals surface area contributed by atoms with Gasteiger partial charge in [-0.15, -0.1) is 0 Å². The molecule has 3 rings (SSSR count). The van der Waals surface area contributed by atoms with Gasteiger partial charge in [0.1, 0.15) is 0 Å². The molecule has 1 unspecified atom stereocenters. The molecule has 1 aliphatic heterocycles. The first-order valence-electron chi connectivity index (χ1n) is 8.46. The van der Waals surface area contributed by atoms with E-state index in [2.05, 4.69) is 33.2 Å². The minimum Gasteiger partial charge on any atom is -0.392 e. The number of aliphatic hydroxyl groups is 1. The summed E-state index contributed by atoms with van der Waals surface area (Å²) in [7, 11) is 0. The van der Waals surface area contributed by atoms with Crippen molar-refractivity contribution < 1.29 is 5.11 Å². The number of aromatic nitrogens is 2. The van der Waals surface area contributed by atoms with Crippen molar-refractivity contribution in [1.82, 2.24) is 19.6 Å². The number of piperazine rings is 1. The molecule has 0 saturated carbocycles. The predicted molar refractivity (Wildman–Crippen MR) is 91.6 cm³/mol. The molecule has 1 aromatic carbocycles. The standard InChI is InChI=1S/C18H26N4O/c1-2-18(23)15-21-10-8-20(9-11-21)13-16-12-19-22(14-16)17-6-4-3-5-7-17/h3-7,12,14,18,23H,2,8-11,13,15H2,1H3. The number of benzene rings is 1. The van der Waals surface area contributed by atoms with Crippen LogP contribution in [0.3, 0.4) is 0 Å². The summed E-state index contributed by atoms with van der Waals surface area (Å²) in [5.41, 5.74) is 2.34. The summed E-state index contributed by atoms with van der Waals surface area (Å²) in [5.74, 6) is 0. The molecule has 1 aromatic heterocycles. The van der Waals surface area contributed by atoms with Crippen LogP contribution in [-0.4, -0.2) is 63.5 Å². The van der Waals surface area contributed by atoms with Crippen molar-refractivity contribution in [3.63, 3.8) is 0 Å². The lowest BCUT2D eigenvalue weighted by molar-refractivity contribution is 0.0687. The Bertz CT molecular complexity index is 590. The first-order valence-corrected chi connectivity index (χ1v) is 8.46. The normalized spacial score (nSPS) is 18.2. The van der Waals surface area contributed by atoms with Crippen molar-refractivity contribution in [2.45, 2.75) is 26.0 Å². The second-order valence-corrected chi connectivity index (χ2v) is 6.27. The van der Waals surface area contributed by atoms with Crippen LogP contribution in [0.1, 0.15) is 18.9 Å². The van der Waals surface area contributed by atoms with Gasteiger partial charge in [-0.1, -0.05) is 25.1 Å². The lowest BCUT2D eigenvalue weighted by Crippen LogP contribution is -2.48. The van der Waals surface area contributed by atoms with E-state index >= 15 is 0 Å². The molecule has 23 heavy (non-hydrogen) atoms. The highest BCUT2D eigenvalue weighted by Gasteiger charge is 2.19. The van der Waals surface area contributed by atoms with Gasteiger partial charge >= 0.3 is 0 Å². The maximum Gasteiger partial charge on any atom is 0.0664 e. The summed E-state index contributed by atoms with van der Waals surface area (Å²) >= 11 is 0. The number of rotatable bonds is 6. The number of aliphatic hydroxyl groups excluding tert-OH is 1. The van der Waals surface area contributed by atoms with E-state index in [1.807, 2.05) is 36.0 Å². The van der Waals surface area contributed by atoms with Gasteiger partial charge in [0, 0.05) is 51.0 Å². The van der Waals surface area contributed by atoms with E-state index < -0.39 is 0 Å². The molecule has 1 N–H and O–H groups in total. The Morgan fingerprint density at radius 2 is 1.78 bits per heavy atom. The van der Waals surface area contributed by atoms with Gasteiger partial charge in [0.25, 0.3) is 0 Å². The Balaban J connectivity index is 1.51. The maximum atomic E-state index is 9.76. The van der Waals surface area contributed by atoms with E-state index in [1.54, 1.807) is 0 Å². The highest BCUT2D eigenvalue weighted by Crippen LogP contribution is 2.12. The van der Waals surface area contributed by atoms with Gasteiger partial charge in [-0.05, 0) is 18.6 Å². The summed E-state index contributed by atoms with van der Waals surface area (Å²) in [4.78, 5) is 4.82. The minimum absolute atomic E-state index is 0.189. The van der Waals surface area contributed by atoms with Crippen molar-refractivity contribution in [2.24, 2.45) is 0 Å². The van der Waals surface area contributed by atoms with Crippen molar-refractivity contribution in [3.8, 4) is 5.69 Å². The number of para-hydroxylation sites is 1. The Morgan fingerprint density at radius 3 is 2.48 bits per heavy atom. The van der Waals surface area contributed by atoms with E-state index in [-0.39, 0.29) is 6.10 Å². The molecule has 0 bridgehead atoms. The van der Waals surface area contributed by atoms with E-state index in [9.17, 15) is 5.11 Å². The monoisotopic (exact) mass is 314 g/mol. The molecule has 2 heterocycles. The topological polar surface area (TPSA) is 44.5 Å². The zero-order valence-corrected chi connectivity index (χ0v) is 13.8. The van der Waals surface area contributed by atoms with Gasteiger partial charge in [-0.2, -0.15) is 5.10 Å². The molecule has 2 aromatic rings. The van der Waals surface area contributed by atoms with Gasteiger partial charge in [0.15, 0.2) is 0 Å². The molecule has 1 fully saturated rings. The Hall–Kier alpha value is -1.69. The van der Waals surface area contributed by atoms with Crippen LogP contribution in [-0.2, 0) is 6.54 Å². The van der Waals surface area contributed by atoms with Crippen LogP contribution in [0.4, 0.5) is 0 Å². The van der Waals surface area contributed by atoms with Gasteiger partial charge in [-0.3, -0.25) is 9.80 Å². The molecule has 5 nitrogen and oxygen atoms in total. The summed E-state index contributed by atoms with van der Waals surface area (Å²) < 4.78 is 1.93. The summed E-state index contributed by atoms with van der Waals surface area (Å²) in [6.07, 6.45) is 4.72. The van der Waals surface area contributed by atoms with Crippen LogP contribution in [0.2, 0.25) is 0 Å².